The second-order valence-corrected chi connectivity index (χ2v) is 4.80. The van der Waals surface area contributed by atoms with E-state index in [1.54, 1.807) is 19.4 Å². The van der Waals surface area contributed by atoms with Crippen molar-refractivity contribution in [1.82, 2.24) is 14.5 Å². The molecule has 3 rings (SSSR count). The monoisotopic (exact) mass is 281 g/mol. The molecule has 0 saturated heterocycles. The number of benzene rings is 1. The predicted molar refractivity (Wildman–Crippen MR) is 80.6 cm³/mol. The molecule has 21 heavy (non-hydrogen) atoms. The van der Waals surface area contributed by atoms with Crippen molar-refractivity contribution >= 4 is 10.9 Å². The van der Waals surface area contributed by atoms with Crippen LogP contribution in [-0.2, 0) is 6.54 Å². The highest BCUT2D eigenvalue weighted by atomic mass is 16.5. The van der Waals surface area contributed by atoms with Crippen molar-refractivity contribution in [3.63, 3.8) is 0 Å². The second-order valence-electron chi connectivity index (χ2n) is 4.80. The third kappa shape index (κ3) is 2.50. The quantitative estimate of drug-likeness (QED) is 0.738. The standard InChI is InChI=1S/C16H15N3O2/c1-11-9-19(10-14-17-8-7-15(18-14)21-2)13-6-4-3-5-12(13)16(11)20/h3-9H,10H2,1-2H3. The van der Waals surface area contributed by atoms with Crippen LogP contribution >= 0.6 is 0 Å². The summed E-state index contributed by atoms with van der Waals surface area (Å²) < 4.78 is 7.10. The first-order chi connectivity index (χ1) is 10.2. The summed E-state index contributed by atoms with van der Waals surface area (Å²) in [5.41, 5.74) is 1.64. The summed E-state index contributed by atoms with van der Waals surface area (Å²) in [5, 5.41) is 0.709. The lowest BCUT2D eigenvalue weighted by atomic mass is 10.1. The summed E-state index contributed by atoms with van der Waals surface area (Å²) in [7, 11) is 1.57. The highest BCUT2D eigenvalue weighted by Gasteiger charge is 2.07. The van der Waals surface area contributed by atoms with Crippen molar-refractivity contribution in [2.75, 3.05) is 7.11 Å². The van der Waals surface area contributed by atoms with Crippen LogP contribution in [0.4, 0.5) is 0 Å². The number of hydrogen-bond donors (Lipinski definition) is 0. The lowest BCUT2D eigenvalue weighted by molar-refractivity contribution is 0.394. The Labute approximate surface area is 121 Å². The second kappa shape index (κ2) is 5.36. The minimum Gasteiger partial charge on any atom is -0.481 e. The molecule has 0 aliphatic heterocycles. The van der Waals surface area contributed by atoms with E-state index in [-0.39, 0.29) is 5.43 Å². The first kappa shape index (κ1) is 13.3. The van der Waals surface area contributed by atoms with E-state index in [1.807, 2.05) is 42.0 Å². The molecule has 0 aliphatic rings. The van der Waals surface area contributed by atoms with E-state index in [0.29, 0.717) is 29.2 Å². The van der Waals surface area contributed by atoms with Gasteiger partial charge in [0.05, 0.1) is 19.2 Å². The normalized spacial score (nSPS) is 10.8. The summed E-state index contributed by atoms with van der Waals surface area (Å²) in [6, 6.07) is 9.26. The summed E-state index contributed by atoms with van der Waals surface area (Å²) in [4.78, 5) is 20.7. The van der Waals surface area contributed by atoms with E-state index in [4.69, 9.17) is 4.74 Å². The molecule has 5 nitrogen and oxygen atoms in total. The maximum absolute atomic E-state index is 12.2. The number of nitrogens with zero attached hydrogens (tertiary/aromatic N) is 3. The van der Waals surface area contributed by atoms with Crippen LogP contribution in [0.1, 0.15) is 11.4 Å². The van der Waals surface area contributed by atoms with Crippen LogP contribution in [0.5, 0.6) is 5.88 Å². The summed E-state index contributed by atoms with van der Waals surface area (Å²) in [5.74, 6) is 1.17. The molecule has 0 saturated carbocycles. The number of ether oxygens (including phenoxy) is 1. The Morgan fingerprint density at radius 3 is 2.86 bits per heavy atom. The van der Waals surface area contributed by atoms with Gasteiger partial charge in [0.1, 0.15) is 0 Å². The Bertz CT molecular complexity index is 856. The largest absolute Gasteiger partial charge is 0.481 e. The zero-order chi connectivity index (χ0) is 14.8. The molecule has 1 aromatic carbocycles. The van der Waals surface area contributed by atoms with E-state index in [2.05, 4.69) is 9.97 Å². The highest BCUT2D eigenvalue weighted by Crippen LogP contribution is 2.13. The molecule has 3 aromatic rings. The topological polar surface area (TPSA) is 57.0 Å². The molecule has 106 valence electrons. The molecule has 0 unspecified atom stereocenters. The summed E-state index contributed by atoms with van der Waals surface area (Å²) in [6.07, 6.45) is 3.51. The van der Waals surface area contributed by atoms with E-state index < -0.39 is 0 Å². The number of hydrogen-bond acceptors (Lipinski definition) is 4. The first-order valence-corrected chi connectivity index (χ1v) is 6.64. The molecular weight excluding hydrogens is 266 g/mol. The average Bonchev–Trinajstić information content (AvgIpc) is 2.52. The molecule has 0 atom stereocenters. The maximum atomic E-state index is 12.2. The summed E-state index contributed by atoms with van der Waals surface area (Å²) in [6.45, 7) is 2.30. The molecule has 0 fully saturated rings. The van der Waals surface area contributed by atoms with Crippen molar-refractivity contribution in [3.05, 3.63) is 64.3 Å². The van der Waals surface area contributed by atoms with Crippen LogP contribution in [0.15, 0.2) is 47.5 Å². The fourth-order valence-electron chi connectivity index (χ4n) is 2.34. The van der Waals surface area contributed by atoms with E-state index >= 15 is 0 Å². The van der Waals surface area contributed by atoms with Gasteiger partial charge < -0.3 is 9.30 Å². The van der Waals surface area contributed by atoms with Gasteiger partial charge >= 0.3 is 0 Å². The molecular formula is C16H15N3O2. The molecule has 0 aliphatic carbocycles. The van der Waals surface area contributed by atoms with E-state index in [9.17, 15) is 4.79 Å². The SMILES string of the molecule is COc1ccnc(Cn2cc(C)c(=O)c3ccccc32)n1. The molecule has 5 heteroatoms. The number of para-hydroxylation sites is 1. The van der Waals surface area contributed by atoms with Gasteiger partial charge in [-0.25, -0.2) is 4.98 Å². The molecule has 0 spiro atoms. The Morgan fingerprint density at radius 2 is 2.05 bits per heavy atom. The first-order valence-electron chi connectivity index (χ1n) is 6.64. The lowest BCUT2D eigenvalue weighted by Crippen LogP contribution is -2.14. The minimum absolute atomic E-state index is 0.0633. The van der Waals surface area contributed by atoms with Gasteiger partial charge in [0.15, 0.2) is 11.3 Å². The summed E-state index contributed by atoms with van der Waals surface area (Å²) >= 11 is 0. The number of rotatable bonds is 3. The number of fused-ring (bicyclic) bond motifs is 1. The van der Waals surface area contributed by atoms with Crippen LogP contribution in [-0.4, -0.2) is 21.6 Å². The van der Waals surface area contributed by atoms with Crippen LogP contribution in [0, 0.1) is 6.92 Å². The molecule has 0 bridgehead atoms. The zero-order valence-corrected chi connectivity index (χ0v) is 11.9. The lowest BCUT2D eigenvalue weighted by Gasteiger charge is -2.11. The van der Waals surface area contributed by atoms with Crippen LogP contribution in [0.3, 0.4) is 0 Å². The molecule has 0 radical (unpaired) electrons. The Kier molecular flexibility index (Phi) is 3.39. The third-order valence-electron chi connectivity index (χ3n) is 3.37. The van der Waals surface area contributed by atoms with Crippen molar-refractivity contribution in [2.45, 2.75) is 13.5 Å². The zero-order valence-electron chi connectivity index (χ0n) is 11.9. The smallest absolute Gasteiger partial charge is 0.216 e. The van der Waals surface area contributed by atoms with Gasteiger partial charge in [-0.1, -0.05) is 12.1 Å². The van der Waals surface area contributed by atoms with Gasteiger partial charge in [0.25, 0.3) is 0 Å². The number of aryl methyl sites for hydroxylation is 1. The predicted octanol–water partition coefficient (Wildman–Crippen LogP) is 2.16. The van der Waals surface area contributed by atoms with E-state index in [0.717, 1.165) is 5.52 Å². The van der Waals surface area contributed by atoms with Crippen LogP contribution < -0.4 is 10.2 Å². The van der Waals surface area contributed by atoms with Gasteiger partial charge in [-0.15, -0.1) is 0 Å². The molecule has 2 aromatic heterocycles. The van der Waals surface area contributed by atoms with Gasteiger partial charge in [-0.3, -0.25) is 4.79 Å². The van der Waals surface area contributed by atoms with Gasteiger partial charge in [0.2, 0.25) is 5.88 Å². The van der Waals surface area contributed by atoms with Gasteiger partial charge in [-0.05, 0) is 19.1 Å². The Morgan fingerprint density at radius 1 is 1.24 bits per heavy atom. The average molecular weight is 281 g/mol. The molecule has 0 amide bonds. The van der Waals surface area contributed by atoms with Crippen molar-refractivity contribution < 1.29 is 4.74 Å². The van der Waals surface area contributed by atoms with Crippen LogP contribution in [0.2, 0.25) is 0 Å². The molecule has 0 N–H and O–H groups in total. The van der Waals surface area contributed by atoms with Crippen molar-refractivity contribution in [2.24, 2.45) is 0 Å². The fourth-order valence-corrected chi connectivity index (χ4v) is 2.34. The number of pyridine rings is 1. The maximum Gasteiger partial charge on any atom is 0.216 e. The highest BCUT2D eigenvalue weighted by molar-refractivity contribution is 5.79. The van der Waals surface area contributed by atoms with E-state index in [1.165, 1.54) is 0 Å². The Balaban J connectivity index is 2.12. The van der Waals surface area contributed by atoms with Gasteiger partial charge in [0, 0.05) is 29.4 Å². The number of aromatic nitrogens is 3. The fraction of sp³-hybridized carbons (Fsp3) is 0.188. The Hall–Kier alpha value is -2.69. The van der Waals surface area contributed by atoms with Crippen LogP contribution in [0.25, 0.3) is 10.9 Å². The molecule has 2 heterocycles. The van der Waals surface area contributed by atoms with Crippen molar-refractivity contribution in [1.29, 1.82) is 0 Å². The van der Waals surface area contributed by atoms with Gasteiger partial charge in [-0.2, -0.15) is 4.98 Å². The van der Waals surface area contributed by atoms with Crippen molar-refractivity contribution in [3.8, 4) is 5.88 Å². The number of methoxy groups -OCH3 is 1. The minimum atomic E-state index is 0.0633. The third-order valence-corrected chi connectivity index (χ3v) is 3.37.